The van der Waals surface area contributed by atoms with E-state index in [4.69, 9.17) is 4.74 Å². The van der Waals surface area contributed by atoms with Gasteiger partial charge in [0.25, 0.3) is 0 Å². The SMILES string of the molecule is CCOC(CCCC1CCC(C2CCCCC2)CC1)C(F)(F)F. The smallest absolute Gasteiger partial charge is 0.369 e. The van der Waals surface area contributed by atoms with E-state index in [1.54, 1.807) is 6.92 Å². The van der Waals surface area contributed by atoms with E-state index in [-0.39, 0.29) is 13.0 Å². The van der Waals surface area contributed by atoms with Crippen LogP contribution >= 0.6 is 0 Å². The highest BCUT2D eigenvalue weighted by Gasteiger charge is 2.40. The Bertz CT molecular complexity index is 315. The van der Waals surface area contributed by atoms with Crippen LogP contribution in [0.5, 0.6) is 0 Å². The summed E-state index contributed by atoms with van der Waals surface area (Å²) in [6, 6.07) is 0. The van der Waals surface area contributed by atoms with Crippen LogP contribution in [0.3, 0.4) is 0 Å². The van der Waals surface area contributed by atoms with E-state index in [0.29, 0.717) is 12.3 Å². The summed E-state index contributed by atoms with van der Waals surface area (Å²) in [5.74, 6) is 2.49. The minimum atomic E-state index is -4.21. The molecule has 0 saturated heterocycles. The van der Waals surface area contributed by atoms with Gasteiger partial charge >= 0.3 is 6.18 Å². The first-order valence-electron chi connectivity index (χ1n) is 9.69. The highest BCUT2D eigenvalue weighted by molar-refractivity contribution is 4.80. The van der Waals surface area contributed by atoms with Crippen LogP contribution in [0.4, 0.5) is 13.2 Å². The van der Waals surface area contributed by atoms with Crippen molar-refractivity contribution in [2.75, 3.05) is 6.61 Å². The van der Waals surface area contributed by atoms with E-state index in [1.807, 2.05) is 0 Å². The van der Waals surface area contributed by atoms with E-state index in [0.717, 1.165) is 18.3 Å². The first-order valence-corrected chi connectivity index (χ1v) is 9.69. The zero-order valence-electron chi connectivity index (χ0n) is 14.5. The summed E-state index contributed by atoms with van der Waals surface area (Å²) in [5, 5.41) is 0. The fourth-order valence-corrected chi connectivity index (χ4v) is 4.69. The van der Waals surface area contributed by atoms with Gasteiger partial charge in [-0.05, 0) is 43.9 Å². The summed E-state index contributed by atoms with van der Waals surface area (Å²) in [7, 11) is 0. The van der Waals surface area contributed by atoms with Crippen LogP contribution in [0.2, 0.25) is 0 Å². The van der Waals surface area contributed by atoms with Crippen LogP contribution in [0.25, 0.3) is 0 Å². The fraction of sp³-hybridized carbons (Fsp3) is 1.00. The molecule has 0 aromatic heterocycles. The minimum Gasteiger partial charge on any atom is -0.369 e. The van der Waals surface area contributed by atoms with Crippen molar-refractivity contribution < 1.29 is 17.9 Å². The molecule has 0 heterocycles. The van der Waals surface area contributed by atoms with Crippen molar-refractivity contribution in [1.29, 1.82) is 0 Å². The molecule has 2 rings (SSSR count). The van der Waals surface area contributed by atoms with Crippen LogP contribution in [0.15, 0.2) is 0 Å². The van der Waals surface area contributed by atoms with Crippen molar-refractivity contribution in [1.82, 2.24) is 0 Å². The van der Waals surface area contributed by atoms with Gasteiger partial charge < -0.3 is 4.74 Å². The van der Waals surface area contributed by atoms with Crippen LogP contribution in [0.1, 0.15) is 84.0 Å². The third-order valence-electron chi connectivity index (χ3n) is 6.02. The summed E-state index contributed by atoms with van der Waals surface area (Å²) in [5.41, 5.74) is 0. The lowest BCUT2D eigenvalue weighted by Gasteiger charge is -2.36. The molecule has 1 atom stereocenters. The molecule has 2 aliphatic carbocycles. The van der Waals surface area contributed by atoms with E-state index in [2.05, 4.69) is 0 Å². The zero-order valence-corrected chi connectivity index (χ0v) is 14.5. The Morgan fingerprint density at radius 2 is 1.52 bits per heavy atom. The molecule has 2 saturated carbocycles. The predicted octanol–water partition coefficient (Wildman–Crippen LogP) is 6.51. The number of ether oxygens (including phenoxy) is 1. The van der Waals surface area contributed by atoms with E-state index in [9.17, 15) is 13.2 Å². The average molecular weight is 334 g/mol. The molecular formula is C19H33F3O. The van der Waals surface area contributed by atoms with Gasteiger partial charge in [0, 0.05) is 6.61 Å². The third-order valence-corrected chi connectivity index (χ3v) is 6.02. The summed E-state index contributed by atoms with van der Waals surface area (Å²) in [6.07, 6.45) is 8.05. The standard InChI is InChI=1S/C19H33F3O/c1-2-23-18(19(20,21)22)10-6-7-15-11-13-17(14-12-15)16-8-4-3-5-9-16/h15-18H,2-14H2,1H3. The predicted molar refractivity (Wildman–Crippen MR) is 87.3 cm³/mol. The van der Waals surface area contributed by atoms with Crippen molar-refractivity contribution >= 4 is 0 Å². The topological polar surface area (TPSA) is 9.23 Å². The zero-order chi connectivity index (χ0) is 16.7. The number of alkyl halides is 3. The second kappa shape index (κ2) is 9.29. The molecule has 0 aromatic rings. The van der Waals surface area contributed by atoms with Crippen molar-refractivity contribution in [3.8, 4) is 0 Å². The van der Waals surface area contributed by atoms with Crippen molar-refractivity contribution in [3.63, 3.8) is 0 Å². The molecule has 0 spiro atoms. The van der Waals surface area contributed by atoms with Gasteiger partial charge in [-0.2, -0.15) is 13.2 Å². The third kappa shape index (κ3) is 6.28. The van der Waals surface area contributed by atoms with Gasteiger partial charge in [-0.1, -0.05) is 57.8 Å². The Kier molecular flexibility index (Phi) is 7.71. The average Bonchev–Trinajstić information content (AvgIpc) is 2.54. The number of halogens is 3. The molecule has 2 aliphatic rings. The van der Waals surface area contributed by atoms with Crippen LogP contribution in [-0.4, -0.2) is 18.9 Å². The summed E-state index contributed by atoms with van der Waals surface area (Å²) in [4.78, 5) is 0. The molecule has 136 valence electrons. The maximum Gasteiger partial charge on any atom is 0.414 e. The molecule has 0 amide bonds. The molecule has 1 nitrogen and oxygen atoms in total. The van der Waals surface area contributed by atoms with Crippen molar-refractivity contribution in [3.05, 3.63) is 0 Å². The molecule has 1 unspecified atom stereocenters. The largest absolute Gasteiger partial charge is 0.414 e. The van der Waals surface area contributed by atoms with Crippen molar-refractivity contribution in [2.45, 2.75) is 96.3 Å². The van der Waals surface area contributed by atoms with Crippen LogP contribution in [-0.2, 0) is 4.74 Å². The van der Waals surface area contributed by atoms with E-state index >= 15 is 0 Å². The Morgan fingerprint density at radius 1 is 0.913 bits per heavy atom. The number of hydrogen-bond donors (Lipinski definition) is 0. The monoisotopic (exact) mass is 334 g/mol. The van der Waals surface area contributed by atoms with Gasteiger partial charge in [0.2, 0.25) is 0 Å². The Balaban J connectivity index is 1.64. The van der Waals surface area contributed by atoms with Gasteiger partial charge in [-0.3, -0.25) is 0 Å². The van der Waals surface area contributed by atoms with E-state index < -0.39 is 12.3 Å². The van der Waals surface area contributed by atoms with Gasteiger partial charge in [0.1, 0.15) is 0 Å². The molecule has 0 radical (unpaired) electrons. The summed E-state index contributed by atoms with van der Waals surface area (Å²) < 4.78 is 43.3. The minimum absolute atomic E-state index is 0.125. The normalized spacial score (nSPS) is 28.7. The van der Waals surface area contributed by atoms with Crippen molar-refractivity contribution in [2.24, 2.45) is 17.8 Å². The Labute approximate surface area is 139 Å². The summed E-state index contributed by atoms with van der Waals surface area (Å²) >= 11 is 0. The molecule has 23 heavy (non-hydrogen) atoms. The highest BCUT2D eigenvalue weighted by Crippen LogP contribution is 2.41. The lowest BCUT2D eigenvalue weighted by Crippen LogP contribution is -2.32. The molecule has 2 fully saturated rings. The van der Waals surface area contributed by atoms with Gasteiger partial charge in [0.05, 0.1) is 0 Å². The highest BCUT2D eigenvalue weighted by atomic mass is 19.4. The number of rotatable bonds is 7. The number of hydrogen-bond acceptors (Lipinski definition) is 1. The Morgan fingerprint density at radius 3 is 2.09 bits per heavy atom. The first-order chi connectivity index (χ1) is 11.0. The lowest BCUT2D eigenvalue weighted by molar-refractivity contribution is -0.221. The fourth-order valence-electron chi connectivity index (χ4n) is 4.69. The second-order valence-electron chi connectivity index (χ2n) is 7.60. The molecule has 0 N–H and O–H groups in total. The maximum atomic E-state index is 12.8. The Hall–Kier alpha value is -0.250. The lowest BCUT2D eigenvalue weighted by atomic mass is 9.70. The van der Waals surface area contributed by atoms with Crippen LogP contribution < -0.4 is 0 Å². The molecule has 0 bridgehead atoms. The molecular weight excluding hydrogens is 301 g/mol. The second-order valence-corrected chi connectivity index (χ2v) is 7.60. The summed E-state index contributed by atoms with van der Waals surface area (Å²) in [6.45, 7) is 1.77. The molecule has 0 aliphatic heterocycles. The van der Waals surface area contributed by atoms with Gasteiger partial charge in [-0.15, -0.1) is 0 Å². The quantitative estimate of drug-likeness (QED) is 0.515. The van der Waals surface area contributed by atoms with Crippen LogP contribution in [0, 0.1) is 17.8 Å². The van der Waals surface area contributed by atoms with Gasteiger partial charge in [0.15, 0.2) is 6.10 Å². The first kappa shape index (κ1) is 19.1. The molecule has 4 heteroatoms. The maximum absolute atomic E-state index is 12.8. The molecule has 0 aromatic carbocycles. The van der Waals surface area contributed by atoms with Gasteiger partial charge in [-0.25, -0.2) is 0 Å². The van der Waals surface area contributed by atoms with E-state index in [1.165, 1.54) is 57.8 Å².